The molecule has 0 aromatic carbocycles. The Morgan fingerprint density at radius 1 is 1.27 bits per heavy atom. The molecule has 11 heavy (non-hydrogen) atoms. The van der Waals surface area contributed by atoms with E-state index in [1.165, 1.54) is 32.1 Å². The highest BCUT2D eigenvalue weighted by molar-refractivity contribution is 6.29. The number of hydrogen-bond acceptors (Lipinski definition) is 0. The maximum absolute atomic E-state index is 6.30. The molecule has 1 spiro atoms. The zero-order valence-electron chi connectivity index (χ0n) is 6.49. The van der Waals surface area contributed by atoms with E-state index < -0.39 is 0 Å². The molecule has 1 atom stereocenters. The van der Waals surface area contributed by atoms with Gasteiger partial charge in [0.25, 0.3) is 0 Å². The van der Waals surface area contributed by atoms with Crippen molar-refractivity contribution >= 4 is 11.6 Å². The van der Waals surface area contributed by atoms with Crippen LogP contribution in [0, 0.1) is 23.2 Å². The molecule has 0 aromatic heterocycles. The third kappa shape index (κ3) is 0.842. The van der Waals surface area contributed by atoms with Crippen LogP contribution in [0.3, 0.4) is 0 Å². The number of halogens is 1. The van der Waals surface area contributed by atoms with Gasteiger partial charge in [0, 0.05) is 11.3 Å². The Balaban J connectivity index is 1.76. The number of alkyl halides is 1. The summed E-state index contributed by atoms with van der Waals surface area (Å²) in [5.41, 5.74) is 0.510. The Bertz CT molecular complexity index is 262. The van der Waals surface area contributed by atoms with Crippen molar-refractivity contribution in [1.29, 1.82) is 0 Å². The van der Waals surface area contributed by atoms with Gasteiger partial charge < -0.3 is 0 Å². The zero-order chi connectivity index (χ0) is 7.53. The summed E-state index contributed by atoms with van der Waals surface area (Å²) < 4.78 is 0. The third-order valence-corrected chi connectivity index (χ3v) is 3.83. The van der Waals surface area contributed by atoms with E-state index in [1.807, 2.05) is 0 Å². The molecule has 1 unspecified atom stereocenters. The van der Waals surface area contributed by atoms with Crippen molar-refractivity contribution in [3.05, 3.63) is 0 Å². The predicted octanol–water partition coefficient (Wildman–Crippen LogP) is 2.56. The Kier molecular flexibility index (Phi) is 0.937. The van der Waals surface area contributed by atoms with E-state index in [-0.39, 0.29) is 4.87 Å². The van der Waals surface area contributed by atoms with E-state index in [0.29, 0.717) is 11.3 Å². The lowest BCUT2D eigenvalue weighted by atomic mass is 10.3. The summed E-state index contributed by atoms with van der Waals surface area (Å²) in [5.74, 6) is 7.25. The van der Waals surface area contributed by atoms with Gasteiger partial charge in [-0.15, -0.1) is 11.6 Å². The number of rotatable bonds is 0. The van der Waals surface area contributed by atoms with Crippen molar-refractivity contribution in [2.24, 2.45) is 11.3 Å². The van der Waals surface area contributed by atoms with Crippen molar-refractivity contribution in [3.63, 3.8) is 0 Å². The van der Waals surface area contributed by atoms with Crippen molar-refractivity contribution in [3.8, 4) is 11.8 Å². The van der Waals surface area contributed by atoms with Gasteiger partial charge in [0.2, 0.25) is 0 Å². The molecule has 0 aliphatic heterocycles. The van der Waals surface area contributed by atoms with E-state index in [9.17, 15) is 0 Å². The van der Waals surface area contributed by atoms with Gasteiger partial charge in [-0.05, 0) is 32.1 Å². The summed E-state index contributed by atoms with van der Waals surface area (Å²) in [6, 6.07) is 0. The van der Waals surface area contributed by atoms with Gasteiger partial charge >= 0.3 is 0 Å². The Morgan fingerprint density at radius 2 is 2.00 bits per heavy atom. The van der Waals surface area contributed by atoms with Crippen LogP contribution in [0.15, 0.2) is 0 Å². The molecule has 0 aromatic rings. The van der Waals surface area contributed by atoms with Crippen LogP contribution in [0.4, 0.5) is 0 Å². The van der Waals surface area contributed by atoms with Crippen LogP contribution in [0.25, 0.3) is 0 Å². The van der Waals surface area contributed by atoms with Crippen molar-refractivity contribution in [2.45, 2.75) is 37.0 Å². The normalized spacial score (nSPS) is 43.0. The fourth-order valence-electron chi connectivity index (χ4n) is 1.77. The Hall–Kier alpha value is -0.150. The van der Waals surface area contributed by atoms with Gasteiger partial charge in [0.1, 0.15) is 4.87 Å². The summed E-state index contributed by atoms with van der Waals surface area (Å²) in [7, 11) is 0. The second-order valence-corrected chi connectivity index (χ2v) is 4.95. The lowest BCUT2D eigenvalue weighted by Crippen LogP contribution is -1.97. The van der Waals surface area contributed by atoms with Crippen LogP contribution in [0.1, 0.15) is 32.1 Å². The van der Waals surface area contributed by atoms with Crippen LogP contribution in [-0.2, 0) is 0 Å². The highest BCUT2D eigenvalue weighted by atomic mass is 35.5. The zero-order valence-corrected chi connectivity index (χ0v) is 7.25. The second-order valence-electron chi connectivity index (χ2n) is 4.30. The molecule has 3 aliphatic carbocycles. The topological polar surface area (TPSA) is 0 Å². The predicted molar refractivity (Wildman–Crippen MR) is 45.4 cm³/mol. The van der Waals surface area contributed by atoms with Gasteiger partial charge in [-0.3, -0.25) is 0 Å². The standard InChI is InChI=1S/C10H11Cl/c11-10(4-3-8-1-2-8)7-9(10)5-6-9/h8H,1-2,5-7H2. The smallest absolute Gasteiger partial charge is 0.104 e. The molecule has 0 heterocycles. The van der Waals surface area contributed by atoms with Crippen molar-refractivity contribution in [2.75, 3.05) is 0 Å². The average Bonchev–Trinajstić information content (AvgIpc) is 2.81. The lowest BCUT2D eigenvalue weighted by molar-refractivity contribution is 0.856. The van der Waals surface area contributed by atoms with Gasteiger partial charge in [0.05, 0.1) is 0 Å². The highest BCUT2D eigenvalue weighted by Crippen LogP contribution is 2.75. The molecular weight excluding hydrogens is 156 g/mol. The fraction of sp³-hybridized carbons (Fsp3) is 0.800. The first kappa shape index (κ1) is 6.38. The van der Waals surface area contributed by atoms with E-state index in [0.717, 1.165) is 0 Å². The summed E-state index contributed by atoms with van der Waals surface area (Å²) in [6.45, 7) is 0. The maximum atomic E-state index is 6.30. The lowest BCUT2D eigenvalue weighted by Gasteiger charge is -1.93. The van der Waals surface area contributed by atoms with E-state index in [2.05, 4.69) is 11.8 Å². The first-order valence-corrected chi connectivity index (χ1v) is 4.84. The minimum absolute atomic E-state index is 0.0599. The fourth-order valence-corrected chi connectivity index (χ4v) is 2.27. The Labute approximate surface area is 72.3 Å². The molecule has 3 fully saturated rings. The molecule has 1 heteroatoms. The molecule has 58 valence electrons. The molecule has 0 bridgehead atoms. The highest BCUT2D eigenvalue weighted by Gasteiger charge is 2.73. The van der Waals surface area contributed by atoms with Crippen LogP contribution >= 0.6 is 11.6 Å². The third-order valence-electron chi connectivity index (χ3n) is 3.20. The van der Waals surface area contributed by atoms with E-state index in [1.54, 1.807) is 0 Å². The van der Waals surface area contributed by atoms with Crippen molar-refractivity contribution in [1.82, 2.24) is 0 Å². The van der Waals surface area contributed by atoms with Gasteiger partial charge in [-0.1, -0.05) is 11.8 Å². The Morgan fingerprint density at radius 3 is 2.45 bits per heavy atom. The molecule has 0 N–H and O–H groups in total. The molecule has 0 nitrogen and oxygen atoms in total. The van der Waals surface area contributed by atoms with Crippen LogP contribution in [0.5, 0.6) is 0 Å². The SMILES string of the molecule is ClC1(C#CC2CC2)CC12CC2. The molecule has 3 rings (SSSR count). The summed E-state index contributed by atoms with van der Waals surface area (Å²) in [6.07, 6.45) is 6.45. The first-order chi connectivity index (χ1) is 5.24. The molecular formula is C10H11Cl. The summed E-state index contributed by atoms with van der Waals surface area (Å²) >= 11 is 6.30. The minimum atomic E-state index is -0.0599. The van der Waals surface area contributed by atoms with Gasteiger partial charge in [0.15, 0.2) is 0 Å². The first-order valence-electron chi connectivity index (χ1n) is 4.46. The van der Waals surface area contributed by atoms with Crippen molar-refractivity contribution < 1.29 is 0 Å². The molecule has 3 aliphatic rings. The summed E-state index contributed by atoms with van der Waals surface area (Å²) in [4.78, 5) is -0.0599. The van der Waals surface area contributed by atoms with E-state index in [4.69, 9.17) is 11.6 Å². The molecule has 3 saturated carbocycles. The maximum Gasteiger partial charge on any atom is 0.111 e. The van der Waals surface area contributed by atoms with Crippen LogP contribution in [-0.4, -0.2) is 4.87 Å². The van der Waals surface area contributed by atoms with Gasteiger partial charge in [-0.25, -0.2) is 0 Å². The molecule has 0 saturated heterocycles. The molecule has 0 radical (unpaired) electrons. The molecule has 0 amide bonds. The second kappa shape index (κ2) is 1.62. The summed E-state index contributed by atoms with van der Waals surface area (Å²) in [5, 5.41) is 0. The monoisotopic (exact) mass is 166 g/mol. The number of hydrogen-bond donors (Lipinski definition) is 0. The quantitative estimate of drug-likeness (QED) is 0.383. The van der Waals surface area contributed by atoms with Crippen LogP contribution < -0.4 is 0 Å². The average molecular weight is 167 g/mol. The van der Waals surface area contributed by atoms with Gasteiger partial charge in [-0.2, -0.15) is 0 Å². The van der Waals surface area contributed by atoms with E-state index >= 15 is 0 Å². The van der Waals surface area contributed by atoms with Crippen LogP contribution in [0.2, 0.25) is 0 Å². The largest absolute Gasteiger partial charge is 0.111 e. The minimum Gasteiger partial charge on any atom is -0.104 e.